The van der Waals surface area contributed by atoms with Crippen molar-refractivity contribution in [3.8, 4) is 0 Å². The second-order valence-corrected chi connectivity index (χ2v) is 4.54. The zero-order valence-corrected chi connectivity index (χ0v) is 10.4. The summed E-state index contributed by atoms with van der Waals surface area (Å²) in [6.07, 6.45) is -0.0444. The van der Waals surface area contributed by atoms with Gasteiger partial charge in [-0.05, 0) is 18.6 Å². The van der Waals surface area contributed by atoms with E-state index in [0.717, 1.165) is 12.1 Å². The average Bonchev–Trinajstić information content (AvgIpc) is 2.43. The first-order valence-electron chi connectivity index (χ1n) is 6.29. The number of hydrogen-bond acceptors (Lipinski definition) is 2. The van der Waals surface area contributed by atoms with Crippen LogP contribution in [0.15, 0.2) is 12.1 Å². The standard InChI is InChI=1S/C13H16F4N2/c14-4-3-11(19-7-5-18-6-8-19)12-9(15)1-2-10(16)13(12)17/h1-2,11,18H,3-8H2/t11-/m0/s1. The first kappa shape index (κ1) is 14.3. The lowest BCUT2D eigenvalue weighted by molar-refractivity contribution is 0.150. The third-order valence-corrected chi connectivity index (χ3v) is 3.39. The van der Waals surface area contributed by atoms with Gasteiger partial charge in [0.25, 0.3) is 0 Å². The van der Waals surface area contributed by atoms with Gasteiger partial charge in [-0.25, -0.2) is 13.2 Å². The summed E-state index contributed by atoms with van der Waals surface area (Å²) in [5.41, 5.74) is -0.362. The minimum atomic E-state index is -1.21. The average molecular weight is 276 g/mol. The Morgan fingerprint density at radius 2 is 1.74 bits per heavy atom. The zero-order chi connectivity index (χ0) is 13.8. The lowest BCUT2D eigenvalue weighted by Crippen LogP contribution is -2.45. The smallest absolute Gasteiger partial charge is 0.166 e. The number of nitrogens with one attached hydrogen (secondary N) is 1. The highest BCUT2D eigenvalue weighted by Crippen LogP contribution is 2.30. The highest BCUT2D eigenvalue weighted by molar-refractivity contribution is 5.25. The molecule has 1 aliphatic rings. The van der Waals surface area contributed by atoms with Crippen LogP contribution in [-0.4, -0.2) is 37.8 Å². The number of piperazine rings is 1. The van der Waals surface area contributed by atoms with Gasteiger partial charge in [-0.3, -0.25) is 9.29 Å². The van der Waals surface area contributed by atoms with Crippen LogP contribution in [-0.2, 0) is 0 Å². The van der Waals surface area contributed by atoms with Crippen LogP contribution in [0.4, 0.5) is 17.6 Å². The van der Waals surface area contributed by atoms with E-state index < -0.39 is 30.2 Å². The highest BCUT2D eigenvalue weighted by Gasteiger charge is 2.28. The maximum absolute atomic E-state index is 13.8. The molecule has 0 aromatic heterocycles. The molecule has 1 atom stereocenters. The Morgan fingerprint density at radius 3 is 2.37 bits per heavy atom. The predicted molar refractivity (Wildman–Crippen MR) is 64.1 cm³/mol. The first-order valence-corrected chi connectivity index (χ1v) is 6.29. The van der Waals surface area contributed by atoms with Gasteiger partial charge in [-0.15, -0.1) is 0 Å². The fourth-order valence-electron chi connectivity index (χ4n) is 2.45. The van der Waals surface area contributed by atoms with E-state index in [1.54, 1.807) is 4.90 Å². The molecule has 0 unspecified atom stereocenters. The molecule has 19 heavy (non-hydrogen) atoms. The second kappa shape index (κ2) is 6.34. The molecule has 0 spiro atoms. The summed E-state index contributed by atoms with van der Waals surface area (Å²) >= 11 is 0. The summed E-state index contributed by atoms with van der Waals surface area (Å²) in [6.45, 7) is 1.74. The molecule has 0 bridgehead atoms. The van der Waals surface area contributed by atoms with Crippen molar-refractivity contribution in [2.45, 2.75) is 12.5 Å². The van der Waals surface area contributed by atoms with Crippen molar-refractivity contribution >= 4 is 0 Å². The minimum Gasteiger partial charge on any atom is -0.314 e. The van der Waals surface area contributed by atoms with E-state index >= 15 is 0 Å². The lowest BCUT2D eigenvalue weighted by atomic mass is 10.00. The first-order chi connectivity index (χ1) is 9.15. The number of benzene rings is 1. The van der Waals surface area contributed by atoms with Gasteiger partial charge in [0.05, 0.1) is 6.67 Å². The molecule has 0 radical (unpaired) electrons. The molecule has 6 heteroatoms. The van der Waals surface area contributed by atoms with E-state index in [9.17, 15) is 17.6 Å². The van der Waals surface area contributed by atoms with Crippen molar-refractivity contribution in [1.82, 2.24) is 10.2 Å². The maximum atomic E-state index is 13.8. The molecule has 2 nitrogen and oxygen atoms in total. The van der Waals surface area contributed by atoms with Crippen molar-refractivity contribution < 1.29 is 17.6 Å². The Bertz CT molecular complexity index is 433. The highest BCUT2D eigenvalue weighted by atomic mass is 19.2. The molecule has 1 N–H and O–H groups in total. The molecule has 0 amide bonds. The van der Waals surface area contributed by atoms with E-state index in [-0.39, 0.29) is 12.0 Å². The fourth-order valence-corrected chi connectivity index (χ4v) is 2.45. The monoisotopic (exact) mass is 276 g/mol. The fraction of sp³-hybridized carbons (Fsp3) is 0.538. The maximum Gasteiger partial charge on any atom is 0.166 e. The van der Waals surface area contributed by atoms with Crippen LogP contribution in [0.5, 0.6) is 0 Å². The van der Waals surface area contributed by atoms with Crippen LogP contribution < -0.4 is 5.32 Å². The zero-order valence-electron chi connectivity index (χ0n) is 10.4. The van der Waals surface area contributed by atoms with Crippen molar-refractivity contribution in [1.29, 1.82) is 0 Å². The Morgan fingerprint density at radius 1 is 1.11 bits per heavy atom. The van der Waals surface area contributed by atoms with Crippen LogP contribution in [0.1, 0.15) is 18.0 Å². The second-order valence-electron chi connectivity index (χ2n) is 4.54. The topological polar surface area (TPSA) is 15.3 Å². The summed E-state index contributed by atoms with van der Waals surface area (Å²) in [7, 11) is 0. The SMILES string of the molecule is FCC[C@@H](c1c(F)ccc(F)c1F)N1CCNCC1. The van der Waals surface area contributed by atoms with Crippen LogP contribution in [0.2, 0.25) is 0 Å². The largest absolute Gasteiger partial charge is 0.314 e. The number of hydrogen-bond donors (Lipinski definition) is 1. The molecule has 1 aromatic carbocycles. The van der Waals surface area contributed by atoms with Gasteiger partial charge in [0.1, 0.15) is 5.82 Å². The van der Waals surface area contributed by atoms with E-state index in [1.807, 2.05) is 0 Å². The summed E-state index contributed by atoms with van der Waals surface area (Å²) in [4.78, 5) is 1.79. The van der Waals surface area contributed by atoms with Crippen LogP contribution >= 0.6 is 0 Å². The summed E-state index contributed by atoms with van der Waals surface area (Å²) < 4.78 is 53.5. The van der Waals surface area contributed by atoms with Gasteiger partial charge in [0.2, 0.25) is 0 Å². The van der Waals surface area contributed by atoms with E-state index in [1.165, 1.54) is 0 Å². The van der Waals surface area contributed by atoms with Crippen molar-refractivity contribution in [3.05, 3.63) is 35.1 Å². The number of alkyl halides is 1. The number of nitrogens with zero attached hydrogens (tertiary/aromatic N) is 1. The summed E-state index contributed by atoms with van der Waals surface area (Å²) in [5.74, 6) is -3.14. The van der Waals surface area contributed by atoms with Gasteiger partial charge < -0.3 is 5.32 Å². The third-order valence-electron chi connectivity index (χ3n) is 3.39. The minimum absolute atomic E-state index is 0.0444. The Hall–Kier alpha value is -1.14. The quantitative estimate of drug-likeness (QED) is 0.671. The number of rotatable bonds is 4. The molecule has 1 saturated heterocycles. The molecule has 1 aliphatic heterocycles. The van der Waals surface area contributed by atoms with Crippen molar-refractivity contribution in [2.75, 3.05) is 32.9 Å². The molecule has 1 aromatic rings. The molecule has 106 valence electrons. The number of halogens is 4. The third kappa shape index (κ3) is 3.06. The van der Waals surface area contributed by atoms with Crippen LogP contribution in [0.3, 0.4) is 0 Å². The molecule has 1 heterocycles. The van der Waals surface area contributed by atoms with E-state index in [0.29, 0.717) is 26.2 Å². The summed E-state index contributed by atoms with van der Waals surface area (Å²) in [5, 5.41) is 3.11. The Kier molecular flexibility index (Phi) is 4.76. The van der Waals surface area contributed by atoms with Crippen LogP contribution in [0.25, 0.3) is 0 Å². The van der Waals surface area contributed by atoms with E-state index in [2.05, 4.69) is 5.32 Å². The lowest BCUT2D eigenvalue weighted by Gasteiger charge is -2.35. The van der Waals surface area contributed by atoms with Gasteiger partial charge in [0.15, 0.2) is 11.6 Å². The van der Waals surface area contributed by atoms with E-state index in [4.69, 9.17) is 0 Å². The van der Waals surface area contributed by atoms with Crippen LogP contribution in [0, 0.1) is 17.5 Å². The Labute approximate surface area is 109 Å². The molecule has 2 rings (SSSR count). The molecule has 0 aliphatic carbocycles. The van der Waals surface area contributed by atoms with Gasteiger partial charge >= 0.3 is 0 Å². The van der Waals surface area contributed by atoms with Gasteiger partial charge in [-0.1, -0.05) is 0 Å². The normalized spacial score (nSPS) is 18.5. The van der Waals surface area contributed by atoms with Gasteiger partial charge in [-0.2, -0.15) is 0 Å². The van der Waals surface area contributed by atoms with Gasteiger partial charge in [0, 0.05) is 37.8 Å². The Balaban J connectivity index is 2.35. The van der Waals surface area contributed by atoms with Crippen molar-refractivity contribution in [3.63, 3.8) is 0 Å². The molecule has 0 saturated carbocycles. The predicted octanol–water partition coefficient (Wildman–Crippen LogP) is 2.41. The molecular formula is C13H16F4N2. The summed E-state index contributed by atoms with van der Waals surface area (Å²) in [6, 6.07) is 0.877. The molecule has 1 fully saturated rings. The van der Waals surface area contributed by atoms with Crippen molar-refractivity contribution in [2.24, 2.45) is 0 Å². The molecular weight excluding hydrogens is 260 g/mol.